The quantitative estimate of drug-likeness (QED) is 0.0386. The van der Waals surface area contributed by atoms with E-state index in [1.165, 1.54) is 36.7 Å². The molecule has 20 rings (SSSR count). The summed E-state index contributed by atoms with van der Waals surface area (Å²) in [7, 11) is 3.67. The van der Waals surface area contributed by atoms with Crippen molar-refractivity contribution in [3.8, 4) is 119 Å². The number of rotatable bonds is 25. The van der Waals surface area contributed by atoms with Crippen LogP contribution in [-0.4, -0.2) is 133 Å². The first-order chi connectivity index (χ1) is 69.9. The van der Waals surface area contributed by atoms with Crippen molar-refractivity contribution in [2.75, 3.05) is 7.11 Å². The number of hydrogen-bond acceptors (Lipinski definition) is 15. The molecule has 0 spiro atoms. The molecule has 0 aliphatic heterocycles. The van der Waals surface area contributed by atoms with Crippen LogP contribution in [0.4, 0.5) is 13.2 Å². The first kappa shape index (κ1) is 100. The van der Waals surface area contributed by atoms with Crippen molar-refractivity contribution in [3.63, 3.8) is 0 Å². The lowest BCUT2D eigenvalue weighted by atomic mass is 10.1. The van der Waals surface area contributed by atoms with E-state index >= 15 is 0 Å². The standard InChI is InChI=1S/C23H18N2O3.C19H15N3O2.2C19H16N2O2.C18H13F3N2O2.C18H16N2O2/c26-23(27)19-8-4-7-18(15-19)22-13-14-25(24-22)20-9-11-21(12-10-20)28-16-17-5-2-1-3-6-17;1-21-10-8-15-12-16(6-7-18(15)21)22-11-9-17(20-22)13-2-4-14(5-3-13)19(23)24;1-13(2)14-7-9-17(10-8-14)21-12-11-18(20-21)15-3-5-16(6-4-15)19(22)23;1-13(2)14-6-8-17(9-7-14)21-11-10-18(20-21)15-4-3-5-16(12-15)19(22)23;1-12(24)13-2-4-14(5-3-13)17-10-11-23(22-17)15-6-8-16(9-7-15)25-18(19,20)21;1-13(21)14-3-5-15(6-4-14)18-11-12-20(19-18)16-7-9-17(22-2)10-8-16/h1-15H,16H2,(H,26,27);2-12H,1H3,(H,23,24);2*3-12H,1H2,2H3,(H,22,23);2-11H,1H3;3-12H,1-2H3. The largest absolute Gasteiger partial charge is 0.573 e. The minimum atomic E-state index is -4.72. The lowest BCUT2D eigenvalue weighted by molar-refractivity contribution is -0.274. The van der Waals surface area contributed by atoms with Crippen LogP contribution in [0, 0.1) is 0 Å². The van der Waals surface area contributed by atoms with Crippen LogP contribution < -0.4 is 14.2 Å². The Morgan fingerprint density at radius 1 is 0.297 bits per heavy atom. The van der Waals surface area contributed by atoms with Crippen LogP contribution in [0.5, 0.6) is 17.2 Å². The molecule has 0 aliphatic carbocycles. The SMILES string of the molecule is C=C(C)c1ccc(-n2ccc(-c3ccc(C(=O)O)cc3)n2)cc1.C=C(C)c1ccc(-n2ccc(-c3cccc(C(=O)O)c3)n2)cc1.CC(=O)c1ccc(-c2ccn(-c3ccc(OC(F)(F)F)cc3)n2)cc1.COc1ccc(-n2ccc(-c3ccc(C(C)=O)cc3)n2)cc1.Cn1ccc2cc(-n3ccc(-c4ccc(C(=O)O)cc4)n3)ccc21.O=C(O)c1cccc(-c2ccn(-c3ccc(OCc4ccccc4)cc3)n2)c1. The first-order valence-corrected chi connectivity index (χ1v) is 45.2. The predicted molar refractivity (Wildman–Crippen MR) is 552 cm³/mol. The normalized spacial score (nSPS) is 10.7. The number of methoxy groups -OCH3 is 1. The highest BCUT2D eigenvalue weighted by Gasteiger charge is 2.31. The Hall–Kier alpha value is -19.4. The van der Waals surface area contributed by atoms with Gasteiger partial charge in [-0.25, -0.2) is 47.3 Å². The Kier molecular flexibility index (Phi) is 31.6. The van der Waals surface area contributed by atoms with Gasteiger partial charge in [0, 0.05) is 106 Å². The smallest absolute Gasteiger partial charge is 0.497 e. The lowest BCUT2D eigenvalue weighted by Crippen LogP contribution is -2.17. The number of carbonyl (C=O) groups is 6. The maximum atomic E-state index is 12.2. The number of ketones is 2. The number of allylic oxidation sites excluding steroid dienone is 2. The maximum Gasteiger partial charge on any atom is 0.573 e. The van der Waals surface area contributed by atoms with E-state index in [-0.39, 0.29) is 39.6 Å². The molecule has 0 radical (unpaired) electrons. The summed E-state index contributed by atoms with van der Waals surface area (Å²) in [6.45, 7) is 15.4. The maximum absolute atomic E-state index is 12.2. The third-order valence-corrected chi connectivity index (χ3v) is 22.8. The summed E-state index contributed by atoms with van der Waals surface area (Å²) in [4.78, 5) is 66.6. The fourth-order valence-corrected chi connectivity index (χ4v) is 14.9. The highest BCUT2D eigenvalue weighted by molar-refractivity contribution is 5.96. The van der Waals surface area contributed by atoms with Gasteiger partial charge in [0.25, 0.3) is 0 Å². The molecular formula is C116H94F3N13O13. The Bertz CT molecular complexity index is 7890. The summed E-state index contributed by atoms with van der Waals surface area (Å²) in [5, 5.41) is 64.5. The molecule has 0 unspecified atom stereocenters. The molecular weight excluding hydrogens is 1840 g/mol. The lowest BCUT2D eigenvalue weighted by Gasteiger charge is -2.09. The highest BCUT2D eigenvalue weighted by atomic mass is 19.4. The van der Waals surface area contributed by atoms with E-state index in [1.807, 2.05) is 268 Å². The summed E-state index contributed by atoms with van der Waals surface area (Å²) < 4.78 is 63.9. The van der Waals surface area contributed by atoms with Gasteiger partial charge >= 0.3 is 30.2 Å². The van der Waals surface area contributed by atoms with E-state index < -0.39 is 30.2 Å². The second-order valence-corrected chi connectivity index (χ2v) is 33.0. The second-order valence-electron chi connectivity index (χ2n) is 33.0. The number of ether oxygens (including phenoxy) is 3. The van der Waals surface area contributed by atoms with Crippen LogP contribution in [-0.2, 0) is 13.7 Å². The second kappa shape index (κ2) is 45.9. The van der Waals surface area contributed by atoms with Crippen molar-refractivity contribution in [2.45, 2.75) is 40.7 Å². The molecule has 0 fully saturated rings. The van der Waals surface area contributed by atoms with Gasteiger partial charge in [-0.1, -0.05) is 176 Å². The minimum Gasteiger partial charge on any atom is -0.497 e. The van der Waals surface area contributed by atoms with Crippen molar-refractivity contribution in [1.29, 1.82) is 0 Å². The number of nitrogens with zero attached hydrogens (tertiary/aromatic N) is 13. The van der Waals surface area contributed by atoms with Crippen molar-refractivity contribution < 1.29 is 76.6 Å². The third-order valence-electron chi connectivity index (χ3n) is 22.8. The van der Waals surface area contributed by atoms with Gasteiger partial charge < -0.3 is 39.2 Å². The van der Waals surface area contributed by atoms with Gasteiger partial charge in [0.05, 0.1) is 97.7 Å². The van der Waals surface area contributed by atoms with Gasteiger partial charge in [0.2, 0.25) is 0 Å². The predicted octanol–water partition coefficient (Wildman–Crippen LogP) is 25.5. The Balaban J connectivity index is 0.000000131. The Morgan fingerprint density at radius 2 is 0.593 bits per heavy atom. The number of Topliss-reactive ketones (excluding diaryl/α,β-unsaturated/α-hetero) is 2. The molecule has 145 heavy (non-hydrogen) atoms. The molecule has 7 aromatic heterocycles. The van der Waals surface area contributed by atoms with Gasteiger partial charge in [-0.3, -0.25) is 9.59 Å². The van der Waals surface area contributed by atoms with Gasteiger partial charge in [-0.2, -0.15) is 30.6 Å². The van der Waals surface area contributed by atoms with Crippen molar-refractivity contribution >= 4 is 57.5 Å². The molecule has 29 heteroatoms. The average molecular weight is 1940 g/mol. The molecule has 4 N–H and O–H groups in total. The Labute approximate surface area is 830 Å². The molecule has 26 nitrogen and oxygen atoms in total. The highest BCUT2D eigenvalue weighted by Crippen LogP contribution is 2.32. The fourth-order valence-electron chi connectivity index (χ4n) is 14.9. The topological polar surface area (TPSA) is 323 Å². The summed E-state index contributed by atoms with van der Waals surface area (Å²) in [5.74, 6) is -2.39. The van der Waals surface area contributed by atoms with Crippen LogP contribution in [0.15, 0.2) is 414 Å². The van der Waals surface area contributed by atoms with Crippen LogP contribution in [0.3, 0.4) is 0 Å². The molecule has 722 valence electrons. The Morgan fingerprint density at radius 3 is 0.910 bits per heavy atom. The van der Waals surface area contributed by atoms with E-state index in [4.69, 9.17) is 29.9 Å². The molecule has 13 aromatic carbocycles. The number of carboxylic acids is 4. The first-order valence-electron chi connectivity index (χ1n) is 45.2. The monoisotopic (exact) mass is 1930 g/mol. The zero-order chi connectivity index (χ0) is 102. The van der Waals surface area contributed by atoms with Gasteiger partial charge in [-0.15, -0.1) is 13.2 Å². The van der Waals surface area contributed by atoms with E-state index in [0.29, 0.717) is 34.8 Å². The molecule has 0 amide bonds. The van der Waals surface area contributed by atoms with Crippen LogP contribution in [0.25, 0.3) is 124 Å². The number of halogens is 3. The number of alkyl halides is 3. The number of hydrogen-bond donors (Lipinski definition) is 4. The molecule has 20 aromatic rings. The molecule has 7 heterocycles. The number of carbonyl (C=O) groups excluding carboxylic acids is 2. The number of aromatic nitrogens is 13. The number of benzene rings is 13. The van der Waals surface area contributed by atoms with E-state index in [9.17, 15) is 41.9 Å². The number of fused-ring (bicyclic) bond motifs is 1. The number of aryl methyl sites for hydroxylation is 1. The third kappa shape index (κ3) is 26.3. The van der Waals surface area contributed by atoms with Crippen molar-refractivity contribution in [3.05, 3.63) is 465 Å². The summed E-state index contributed by atoms with van der Waals surface area (Å²) in [6, 6.07) is 108. The van der Waals surface area contributed by atoms with Crippen LogP contribution in [0.2, 0.25) is 0 Å². The fraction of sp³-hybridized carbons (Fsp3) is 0.0690. The summed E-state index contributed by atoms with van der Waals surface area (Å²) in [5.41, 5.74) is 24.0. The van der Waals surface area contributed by atoms with E-state index in [2.05, 4.69) is 71.3 Å². The summed E-state index contributed by atoms with van der Waals surface area (Å²) in [6.07, 6.45) is 8.44. The molecule has 0 aliphatic rings. The van der Waals surface area contributed by atoms with Crippen molar-refractivity contribution in [2.24, 2.45) is 7.05 Å². The van der Waals surface area contributed by atoms with Gasteiger partial charge in [0.15, 0.2) is 11.6 Å². The van der Waals surface area contributed by atoms with Crippen LogP contribution >= 0.6 is 0 Å². The van der Waals surface area contributed by atoms with E-state index in [1.54, 1.807) is 154 Å². The molecule has 0 bridgehead atoms. The average Bonchev–Trinajstić information content (AvgIpc) is 1.66. The zero-order valence-electron chi connectivity index (χ0n) is 79.1. The number of carboxylic acid groups (broad SMARTS) is 4. The minimum absolute atomic E-state index is 0.0155. The summed E-state index contributed by atoms with van der Waals surface area (Å²) >= 11 is 0. The van der Waals surface area contributed by atoms with E-state index in [0.717, 1.165) is 129 Å². The zero-order valence-corrected chi connectivity index (χ0v) is 79.1. The van der Waals surface area contributed by atoms with Gasteiger partial charge in [0.1, 0.15) is 23.9 Å². The van der Waals surface area contributed by atoms with Gasteiger partial charge in [-0.05, 0) is 251 Å². The molecule has 0 atom stereocenters. The van der Waals surface area contributed by atoms with Crippen molar-refractivity contribution in [1.82, 2.24) is 63.3 Å². The number of aromatic carboxylic acids is 4. The molecule has 0 saturated heterocycles. The molecule has 0 saturated carbocycles. The van der Waals surface area contributed by atoms with Crippen LogP contribution in [0.1, 0.15) is 107 Å².